The van der Waals surface area contributed by atoms with Crippen molar-refractivity contribution in [1.82, 2.24) is 9.97 Å². The van der Waals surface area contributed by atoms with Gasteiger partial charge >= 0.3 is 0 Å². The molecule has 1 aromatic heterocycles. The van der Waals surface area contributed by atoms with Crippen LogP contribution < -0.4 is 10.6 Å². The number of carbonyl (C=O) groups is 1. The number of hydrogen-bond donors (Lipinski definition) is 2. The van der Waals surface area contributed by atoms with Crippen LogP contribution in [-0.2, 0) is 0 Å². The SMILES string of the molecule is CCC(C)Nc1cnc(C(=O)Nc2ccc(F)cc2F)cn1. The summed E-state index contributed by atoms with van der Waals surface area (Å²) in [7, 11) is 0. The van der Waals surface area contributed by atoms with Crippen molar-refractivity contribution in [2.24, 2.45) is 0 Å². The maximum atomic E-state index is 13.5. The van der Waals surface area contributed by atoms with Gasteiger partial charge in [0, 0.05) is 12.1 Å². The normalized spacial score (nSPS) is 11.8. The van der Waals surface area contributed by atoms with Crippen LogP contribution in [-0.4, -0.2) is 21.9 Å². The summed E-state index contributed by atoms with van der Waals surface area (Å²) in [5.74, 6) is -1.63. The Hall–Kier alpha value is -2.57. The predicted octanol–water partition coefficient (Wildman–Crippen LogP) is 3.22. The number of halogens is 2. The van der Waals surface area contributed by atoms with Crippen LogP contribution in [0.1, 0.15) is 30.8 Å². The van der Waals surface area contributed by atoms with E-state index in [1.165, 1.54) is 12.4 Å². The highest BCUT2D eigenvalue weighted by molar-refractivity contribution is 6.02. The lowest BCUT2D eigenvalue weighted by atomic mass is 10.2. The van der Waals surface area contributed by atoms with Gasteiger partial charge in [-0.1, -0.05) is 6.92 Å². The van der Waals surface area contributed by atoms with Crippen LogP contribution in [0.15, 0.2) is 30.6 Å². The summed E-state index contributed by atoms with van der Waals surface area (Å²) in [4.78, 5) is 20.0. The van der Waals surface area contributed by atoms with Crippen molar-refractivity contribution in [2.75, 3.05) is 10.6 Å². The molecule has 1 heterocycles. The fraction of sp³-hybridized carbons (Fsp3) is 0.267. The largest absolute Gasteiger partial charge is 0.366 e. The Balaban J connectivity index is 2.06. The van der Waals surface area contributed by atoms with E-state index in [9.17, 15) is 13.6 Å². The Kier molecular flexibility index (Phi) is 4.98. The molecule has 1 unspecified atom stereocenters. The van der Waals surface area contributed by atoms with E-state index in [1.54, 1.807) is 0 Å². The first kappa shape index (κ1) is 15.8. The number of benzene rings is 1. The number of rotatable bonds is 5. The summed E-state index contributed by atoms with van der Waals surface area (Å²) < 4.78 is 26.3. The van der Waals surface area contributed by atoms with Crippen LogP contribution in [0.3, 0.4) is 0 Å². The number of nitrogens with one attached hydrogen (secondary N) is 2. The van der Waals surface area contributed by atoms with E-state index in [0.717, 1.165) is 18.6 Å². The molecule has 0 saturated carbocycles. The van der Waals surface area contributed by atoms with Gasteiger partial charge in [0.05, 0.1) is 18.1 Å². The van der Waals surface area contributed by atoms with Crippen LogP contribution >= 0.6 is 0 Å². The van der Waals surface area contributed by atoms with Gasteiger partial charge in [-0.05, 0) is 25.5 Å². The molecule has 0 fully saturated rings. The number of carbonyl (C=O) groups excluding carboxylic acids is 1. The molecule has 1 aromatic carbocycles. The van der Waals surface area contributed by atoms with Crippen LogP contribution in [0.5, 0.6) is 0 Å². The zero-order chi connectivity index (χ0) is 16.1. The third-order valence-corrected chi connectivity index (χ3v) is 3.07. The molecule has 2 N–H and O–H groups in total. The average molecular weight is 306 g/mol. The Morgan fingerprint density at radius 1 is 1.27 bits per heavy atom. The van der Waals surface area contributed by atoms with Crippen molar-refractivity contribution in [1.29, 1.82) is 0 Å². The second-order valence-electron chi connectivity index (χ2n) is 4.82. The summed E-state index contributed by atoms with van der Waals surface area (Å²) in [6, 6.07) is 3.14. The maximum Gasteiger partial charge on any atom is 0.275 e. The average Bonchev–Trinajstić information content (AvgIpc) is 2.50. The first-order valence-electron chi connectivity index (χ1n) is 6.84. The van der Waals surface area contributed by atoms with E-state index in [-0.39, 0.29) is 17.4 Å². The number of aromatic nitrogens is 2. The maximum absolute atomic E-state index is 13.5. The van der Waals surface area contributed by atoms with E-state index >= 15 is 0 Å². The Bertz CT molecular complexity index is 661. The number of anilines is 2. The summed E-state index contributed by atoms with van der Waals surface area (Å²) in [5.41, 5.74) is -0.0755. The molecular weight excluding hydrogens is 290 g/mol. The number of nitrogens with zero attached hydrogens (tertiary/aromatic N) is 2. The molecular formula is C15H16F2N4O. The minimum atomic E-state index is -0.851. The fourth-order valence-corrected chi connectivity index (χ4v) is 1.65. The van der Waals surface area contributed by atoms with Gasteiger partial charge in [-0.3, -0.25) is 4.79 Å². The van der Waals surface area contributed by atoms with Crippen molar-refractivity contribution in [3.05, 3.63) is 47.9 Å². The molecule has 22 heavy (non-hydrogen) atoms. The van der Waals surface area contributed by atoms with E-state index < -0.39 is 17.5 Å². The fourth-order valence-electron chi connectivity index (χ4n) is 1.65. The molecule has 1 atom stereocenters. The van der Waals surface area contributed by atoms with Crippen LogP contribution in [0.4, 0.5) is 20.3 Å². The highest BCUT2D eigenvalue weighted by Gasteiger charge is 2.12. The Morgan fingerprint density at radius 2 is 2.05 bits per heavy atom. The minimum Gasteiger partial charge on any atom is -0.366 e. The quantitative estimate of drug-likeness (QED) is 0.890. The Labute approximate surface area is 126 Å². The Morgan fingerprint density at radius 3 is 2.64 bits per heavy atom. The van der Waals surface area contributed by atoms with Crippen LogP contribution in [0.25, 0.3) is 0 Å². The molecule has 1 amide bonds. The van der Waals surface area contributed by atoms with Gasteiger partial charge in [0.2, 0.25) is 0 Å². The highest BCUT2D eigenvalue weighted by atomic mass is 19.1. The molecule has 0 aliphatic heterocycles. The molecule has 0 bridgehead atoms. The van der Waals surface area contributed by atoms with Crippen molar-refractivity contribution in [2.45, 2.75) is 26.3 Å². The van der Waals surface area contributed by atoms with Crippen molar-refractivity contribution in [3.63, 3.8) is 0 Å². The highest BCUT2D eigenvalue weighted by Crippen LogP contribution is 2.15. The van der Waals surface area contributed by atoms with Gasteiger partial charge in [-0.2, -0.15) is 0 Å². The lowest BCUT2D eigenvalue weighted by molar-refractivity contribution is 0.102. The summed E-state index contributed by atoms with van der Waals surface area (Å²) in [6.45, 7) is 4.03. The molecule has 0 aliphatic rings. The van der Waals surface area contributed by atoms with Crippen LogP contribution in [0, 0.1) is 11.6 Å². The lowest BCUT2D eigenvalue weighted by Crippen LogP contribution is -2.17. The molecule has 116 valence electrons. The van der Waals surface area contributed by atoms with E-state index in [2.05, 4.69) is 20.6 Å². The van der Waals surface area contributed by atoms with Crippen molar-refractivity contribution < 1.29 is 13.6 Å². The number of hydrogen-bond acceptors (Lipinski definition) is 4. The van der Waals surface area contributed by atoms with Gasteiger partial charge in [-0.15, -0.1) is 0 Å². The molecule has 0 radical (unpaired) electrons. The van der Waals surface area contributed by atoms with Gasteiger partial charge < -0.3 is 10.6 Å². The second-order valence-corrected chi connectivity index (χ2v) is 4.82. The second kappa shape index (κ2) is 6.93. The zero-order valence-corrected chi connectivity index (χ0v) is 12.2. The molecule has 0 spiro atoms. The van der Waals surface area contributed by atoms with Crippen molar-refractivity contribution in [3.8, 4) is 0 Å². The molecule has 0 aliphatic carbocycles. The third-order valence-electron chi connectivity index (χ3n) is 3.07. The summed E-state index contributed by atoms with van der Waals surface area (Å²) in [6.07, 6.45) is 3.65. The van der Waals surface area contributed by atoms with E-state index in [4.69, 9.17) is 0 Å². The minimum absolute atomic E-state index is 0.0402. The van der Waals surface area contributed by atoms with Crippen LogP contribution in [0.2, 0.25) is 0 Å². The molecule has 2 rings (SSSR count). The topological polar surface area (TPSA) is 66.9 Å². The first-order valence-corrected chi connectivity index (χ1v) is 6.84. The standard InChI is InChI=1S/C15H16F2N4O/c1-3-9(2)20-14-8-18-13(7-19-14)15(22)21-12-5-4-10(16)6-11(12)17/h4-9H,3H2,1-2H3,(H,19,20)(H,21,22). The zero-order valence-electron chi connectivity index (χ0n) is 12.2. The summed E-state index contributed by atoms with van der Waals surface area (Å²) in [5, 5.41) is 5.44. The van der Waals surface area contributed by atoms with E-state index in [1.807, 2.05) is 13.8 Å². The third kappa shape index (κ3) is 3.97. The lowest BCUT2D eigenvalue weighted by Gasteiger charge is -2.11. The first-order chi connectivity index (χ1) is 10.5. The molecule has 7 heteroatoms. The van der Waals surface area contributed by atoms with Gasteiger partial charge in [0.25, 0.3) is 5.91 Å². The molecule has 0 saturated heterocycles. The van der Waals surface area contributed by atoms with Gasteiger partial charge in [0.15, 0.2) is 0 Å². The van der Waals surface area contributed by atoms with Gasteiger partial charge in [-0.25, -0.2) is 18.7 Å². The monoisotopic (exact) mass is 306 g/mol. The number of amides is 1. The van der Waals surface area contributed by atoms with Gasteiger partial charge in [0.1, 0.15) is 23.1 Å². The smallest absolute Gasteiger partial charge is 0.275 e. The molecule has 2 aromatic rings. The van der Waals surface area contributed by atoms with E-state index in [0.29, 0.717) is 11.9 Å². The molecule has 5 nitrogen and oxygen atoms in total. The summed E-state index contributed by atoms with van der Waals surface area (Å²) >= 11 is 0. The predicted molar refractivity (Wildman–Crippen MR) is 79.7 cm³/mol. The van der Waals surface area contributed by atoms with Crippen molar-refractivity contribution >= 4 is 17.4 Å².